The molecule has 0 saturated carbocycles. The van der Waals surface area contributed by atoms with Crippen LogP contribution in [0.2, 0.25) is 5.02 Å². The van der Waals surface area contributed by atoms with Crippen LogP contribution in [0.4, 0.5) is 5.69 Å². The lowest BCUT2D eigenvalue weighted by atomic mass is 10.3. The number of hydrogen-bond acceptors (Lipinski definition) is 7. The monoisotopic (exact) mass is 434 g/mol. The Morgan fingerprint density at radius 1 is 1.17 bits per heavy atom. The van der Waals surface area contributed by atoms with Crippen LogP contribution in [-0.2, 0) is 21.2 Å². The van der Waals surface area contributed by atoms with Crippen LogP contribution in [0.15, 0.2) is 53.4 Å². The van der Waals surface area contributed by atoms with Crippen molar-refractivity contribution in [2.24, 2.45) is 0 Å². The van der Waals surface area contributed by atoms with E-state index in [1.807, 2.05) is 0 Å². The van der Waals surface area contributed by atoms with Crippen molar-refractivity contribution in [3.05, 3.63) is 59.4 Å². The van der Waals surface area contributed by atoms with Gasteiger partial charge in [0.1, 0.15) is 0 Å². The van der Waals surface area contributed by atoms with Gasteiger partial charge in [-0.1, -0.05) is 23.7 Å². The third-order valence-corrected chi connectivity index (χ3v) is 5.47. The Morgan fingerprint density at radius 3 is 2.52 bits per heavy atom. The van der Waals surface area contributed by atoms with Crippen molar-refractivity contribution in [2.75, 3.05) is 25.2 Å². The number of nitrogens with one attached hydrogen (secondary N) is 1. The van der Waals surface area contributed by atoms with Crippen LogP contribution in [0, 0.1) is 0 Å². The maximum Gasteiger partial charge on any atom is 0.238 e. The quantitative estimate of drug-likeness (QED) is 0.603. The second kappa shape index (κ2) is 8.68. The van der Waals surface area contributed by atoms with Gasteiger partial charge >= 0.3 is 0 Å². The number of halogens is 1. The Kier molecular flexibility index (Phi) is 6.26. The van der Waals surface area contributed by atoms with Crippen molar-refractivity contribution < 1.29 is 13.2 Å². The number of likely N-dealkylation sites (N-methyl/N-ethyl adjacent to an activating group) is 1. The lowest BCUT2D eigenvalue weighted by molar-refractivity contribution is -0.117. The van der Waals surface area contributed by atoms with Crippen LogP contribution in [0.5, 0.6) is 0 Å². The third-order valence-electron chi connectivity index (χ3n) is 4.02. The summed E-state index contributed by atoms with van der Waals surface area (Å²) in [5, 5.41) is 14.9. The number of nitrogens with zero attached hydrogens (tertiary/aromatic N) is 5. The minimum Gasteiger partial charge on any atom is -0.324 e. The molecule has 1 aromatic heterocycles. The highest BCUT2D eigenvalue weighted by Crippen LogP contribution is 2.20. The van der Waals surface area contributed by atoms with Crippen LogP contribution in [0.1, 0.15) is 5.82 Å². The number of carbonyl (C=O) groups is 1. The number of para-hydroxylation sites is 1. The lowest BCUT2D eigenvalue weighted by Gasteiger charge is -2.16. The van der Waals surface area contributed by atoms with Gasteiger partial charge in [0.15, 0.2) is 15.7 Å². The fourth-order valence-electron chi connectivity index (χ4n) is 2.63. The van der Waals surface area contributed by atoms with Gasteiger partial charge in [0.05, 0.1) is 34.4 Å². The van der Waals surface area contributed by atoms with E-state index in [2.05, 4.69) is 20.8 Å². The van der Waals surface area contributed by atoms with E-state index >= 15 is 0 Å². The third kappa shape index (κ3) is 5.37. The van der Waals surface area contributed by atoms with E-state index in [1.165, 1.54) is 16.8 Å². The molecule has 0 fully saturated rings. The summed E-state index contributed by atoms with van der Waals surface area (Å²) >= 11 is 6.05. The Hall–Kier alpha value is -2.82. The van der Waals surface area contributed by atoms with E-state index in [0.717, 1.165) is 6.26 Å². The molecule has 3 rings (SSSR count). The van der Waals surface area contributed by atoms with E-state index in [4.69, 9.17) is 11.6 Å². The number of carbonyl (C=O) groups excluding carboxylic acids is 1. The van der Waals surface area contributed by atoms with Gasteiger partial charge in [-0.3, -0.25) is 9.69 Å². The number of tetrazole rings is 1. The summed E-state index contributed by atoms with van der Waals surface area (Å²) in [5.74, 6) is 0.280. The first-order chi connectivity index (χ1) is 13.7. The maximum absolute atomic E-state index is 12.3. The summed E-state index contributed by atoms with van der Waals surface area (Å²) in [5.41, 5.74) is 1.16. The smallest absolute Gasteiger partial charge is 0.238 e. The molecule has 0 unspecified atom stereocenters. The van der Waals surface area contributed by atoms with Crippen molar-refractivity contribution >= 4 is 33.0 Å². The molecule has 0 saturated heterocycles. The first-order valence-electron chi connectivity index (χ1n) is 8.55. The first kappa shape index (κ1) is 20.9. The van der Waals surface area contributed by atoms with Crippen LogP contribution in [0.3, 0.4) is 0 Å². The van der Waals surface area contributed by atoms with Crippen LogP contribution in [-0.4, -0.2) is 59.3 Å². The largest absolute Gasteiger partial charge is 0.324 e. The van der Waals surface area contributed by atoms with Crippen molar-refractivity contribution in [1.29, 1.82) is 0 Å². The molecule has 1 N–H and O–H groups in total. The van der Waals surface area contributed by atoms with Crippen molar-refractivity contribution in [3.8, 4) is 5.69 Å². The second-order valence-electron chi connectivity index (χ2n) is 6.47. The average molecular weight is 435 g/mol. The molecular formula is C18H19ClN6O3S. The molecule has 3 aromatic rings. The zero-order valence-corrected chi connectivity index (χ0v) is 17.4. The topological polar surface area (TPSA) is 110 Å². The molecule has 9 nitrogen and oxygen atoms in total. The molecule has 11 heteroatoms. The molecule has 2 aromatic carbocycles. The van der Waals surface area contributed by atoms with Gasteiger partial charge in [0.25, 0.3) is 0 Å². The summed E-state index contributed by atoms with van der Waals surface area (Å²) in [6.45, 7) is 0.405. The predicted molar refractivity (Wildman–Crippen MR) is 109 cm³/mol. The van der Waals surface area contributed by atoms with E-state index in [-0.39, 0.29) is 17.3 Å². The fourth-order valence-corrected chi connectivity index (χ4v) is 3.45. The van der Waals surface area contributed by atoms with Gasteiger partial charge in [-0.15, -0.1) is 5.10 Å². The molecular weight excluding hydrogens is 416 g/mol. The van der Waals surface area contributed by atoms with E-state index < -0.39 is 9.84 Å². The van der Waals surface area contributed by atoms with Crippen molar-refractivity contribution in [3.63, 3.8) is 0 Å². The first-order valence-corrected chi connectivity index (χ1v) is 10.8. The lowest BCUT2D eigenvalue weighted by Crippen LogP contribution is -2.30. The fraction of sp³-hybridized carbons (Fsp3) is 0.222. The summed E-state index contributed by atoms with van der Waals surface area (Å²) < 4.78 is 24.7. The molecule has 1 amide bonds. The SMILES string of the molecule is CN(CC(=O)Nc1ccccc1Cl)Cc1nnnn1-c1ccc(S(C)(=O)=O)cc1. The zero-order valence-electron chi connectivity index (χ0n) is 15.8. The van der Waals surface area contributed by atoms with E-state index in [9.17, 15) is 13.2 Å². The normalized spacial score (nSPS) is 11.6. The van der Waals surface area contributed by atoms with Gasteiger partial charge in [-0.25, -0.2) is 8.42 Å². The molecule has 0 bridgehead atoms. The predicted octanol–water partition coefficient (Wildman–Crippen LogP) is 1.79. The van der Waals surface area contributed by atoms with Gasteiger partial charge in [-0.05, 0) is 53.9 Å². The van der Waals surface area contributed by atoms with E-state index in [1.54, 1.807) is 48.3 Å². The summed E-state index contributed by atoms with van der Waals surface area (Å²) in [6, 6.07) is 13.2. The molecule has 1 heterocycles. The van der Waals surface area contributed by atoms with Gasteiger partial charge in [0, 0.05) is 6.26 Å². The zero-order chi connectivity index (χ0) is 21.0. The Balaban J connectivity index is 1.66. The molecule has 0 atom stereocenters. The minimum atomic E-state index is -3.28. The van der Waals surface area contributed by atoms with E-state index in [0.29, 0.717) is 28.8 Å². The minimum absolute atomic E-state index is 0.102. The Morgan fingerprint density at radius 2 is 1.86 bits per heavy atom. The molecule has 0 radical (unpaired) electrons. The van der Waals surface area contributed by atoms with Crippen LogP contribution >= 0.6 is 11.6 Å². The van der Waals surface area contributed by atoms with Crippen molar-refractivity contribution in [1.82, 2.24) is 25.1 Å². The van der Waals surface area contributed by atoms with Gasteiger partial charge < -0.3 is 5.32 Å². The highest BCUT2D eigenvalue weighted by molar-refractivity contribution is 7.90. The number of rotatable bonds is 7. The Bertz CT molecular complexity index is 1110. The number of aromatic nitrogens is 4. The van der Waals surface area contributed by atoms with Gasteiger partial charge in [0.2, 0.25) is 5.91 Å². The Labute approximate surface area is 173 Å². The number of sulfone groups is 1. The average Bonchev–Trinajstić information content (AvgIpc) is 3.11. The standard InChI is InChI=1S/C18H19ClN6O3S/c1-24(12-18(26)20-16-6-4-3-5-15(16)19)11-17-21-22-23-25(17)13-7-9-14(10-8-13)29(2,27)28/h3-10H,11-12H2,1-2H3,(H,20,26). The molecule has 152 valence electrons. The van der Waals surface area contributed by atoms with Gasteiger partial charge in [-0.2, -0.15) is 4.68 Å². The highest BCUT2D eigenvalue weighted by atomic mass is 35.5. The number of anilines is 1. The molecule has 0 spiro atoms. The summed E-state index contributed by atoms with van der Waals surface area (Å²) in [7, 11) is -1.52. The highest BCUT2D eigenvalue weighted by Gasteiger charge is 2.15. The maximum atomic E-state index is 12.3. The summed E-state index contributed by atoms with van der Waals surface area (Å²) in [4.78, 5) is 14.2. The number of benzene rings is 2. The second-order valence-corrected chi connectivity index (χ2v) is 8.90. The molecule has 0 aliphatic carbocycles. The van der Waals surface area contributed by atoms with Crippen molar-refractivity contribution in [2.45, 2.75) is 11.4 Å². The number of amides is 1. The molecule has 29 heavy (non-hydrogen) atoms. The van der Waals surface area contributed by atoms with Crippen LogP contribution in [0.25, 0.3) is 5.69 Å². The summed E-state index contributed by atoms with van der Waals surface area (Å²) in [6.07, 6.45) is 1.15. The van der Waals surface area contributed by atoms with Crippen LogP contribution < -0.4 is 5.32 Å². The molecule has 0 aliphatic rings. The molecule has 0 aliphatic heterocycles. The number of hydrogen-bond donors (Lipinski definition) is 1.